The number of primary amides is 1. The van der Waals surface area contributed by atoms with Crippen LogP contribution in [0.2, 0.25) is 0 Å². The molecule has 0 aromatic heterocycles. The molecule has 3 atom stereocenters. The van der Waals surface area contributed by atoms with E-state index in [1.54, 1.807) is 13.8 Å². The van der Waals surface area contributed by atoms with Crippen LogP contribution in [0.4, 0.5) is 0 Å². The Balaban J connectivity index is 3.06. The average Bonchev–Trinajstić information content (AvgIpc) is 2.71. The first kappa shape index (κ1) is 26.4. The summed E-state index contributed by atoms with van der Waals surface area (Å²) in [6.45, 7) is 2.77. The van der Waals surface area contributed by atoms with Gasteiger partial charge in [-0.15, -0.1) is 0 Å². The summed E-state index contributed by atoms with van der Waals surface area (Å²) >= 11 is 0. The van der Waals surface area contributed by atoms with Gasteiger partial charge in [0.15, 0.2) is 0 Å². The average molecular weight is 451 g/mol. The van der Waals surface area contributed by atoms with Crippen molar-refractivity contribution < 1.29 is 34.2 Å². The Bertz CT molecular complexity index is 841. The molecule has 0 bridgehead atoms. The number of carbonyl (C=O) groups excluding carboxylic acids is 4. The third-order valence-corrected chi connectivity index (χ3v) is 4.48. The number of phenolic OH excluding ortho intramolecular Hbond substituents is 1. The second-order valence-corrected chi connectivity index (χ2v) is 7.49. The number of aromatic hydroxyl groups is 1. The molecule has 0 aliphatic carbocycles. The highest BCUT2D eigenvalue weighted by atomic mass is 16.4. The molecule has 0 heterocycles. The lowest BCUT2D eigenvalue weighted by molar-refractivity contribution is -0.143. The van der Waals surface area contributed by atoms with Crippen LogP contribution in [0.15, 0.2) is 24.3 Å². The monoisotopic (exact) mass is 451 g/mol. The standard InChI is InChI=1S/C20H29N5O7/c1-10(2)17(20(31)32)25-19(30)14(8-15(22)27)24-18(29)13(23-16(28)9-21)7-11-3-5-12(26)6-4-11/h3-6,10,13-14,17,26H,7-9,21H2,1-2H3,(H2,22,27)(H,23,28)(H,24,29)(H,25,30)(H,31,32). The van der Waals surface area contributed by atoms with Crippen molar-refractivity contribution >= 4 is 29.6 Å². The number of benzene rings is 1. The van der Waals surface area contributed by atoms with E-state index in [1.807, 2.05) is 0 Å². The van der Waals surface area contributed by atoms with Crippen LogP contribution in [0.3, 0.4) is 0 Å². The molecule has 12 nitrogen and oxygen atoms in total. The molecule has 0 fully saturated rings. The fraction of sp³-hybridized carbons (Fsp3) is 0.450. The van der Waals surface area contributed by atoms with E-state index in [2.05, 4.69) is 16.0 Å². The molecule has 9 N–H and O–H groups in total. The lowest BCUT2D eigenvalue weighted by Crippen LogP contribution is -2.58. The van der Waals surface area contributed by atoms with Crippen LogP contribution in [-0.4, -0.2) is 64.5 Å². The zero-order valence-corrected chi connectivity index (χ0v) is 17.8. The molecule has 12 heteroatoms. The molecule has 0 spiro atoms. The van der Waals surface area contributed by atoms with E-state index in [0.29, 0.717) is 5.56 Å². The van der Waals surface area contributed by atoms with Crippen molar-refractivity contribution in [3.8, 4) is 5.75 Å². The minimum absolute atomic E-state index is 0.00743. The van der Waals surface area contributed by atoms with Crippen LogP contribution in [-0.2, 0) is 30.4 Å². The lowest BCUT2D eigenvalue weighted by Gasteiger charge is -2.25. The number of rotatable bonds is 12. The van der Waals surface area contributed by atoms with Crippen molar-refractivity contribution in [2.24, 2.45) is 17.4 Å². The van der Waals surface area contributed by atoms with E-state index < -0.39 is 60.1 Å². The number of amides is 4. The van der Waals surface area contributed by atoms with Gasteiger partial charge in [0.25, 0.3) is 0 Å². The Morgan fingerprint density at radius 2 is 1.50 bits per heavy atom. The molecule has 176 valence electrons. The van der Waals surface area contributed by atoms with Crippen molar-refractivity contribution in [2.75, 3.05) is 6.54 Å². The van der Waals surface area contributed by atoms with Crippen molar-refractivity contribution in [1.82, 2.24) is 16.0 Å². The Morgan fingerprint density at radius 3 is 1.97 bits per heavy atom. The zero-order valence-electron chi connectivity index (χ0n) is 17.8. The molecular weight excluding hydrogens is 422 g/mol. The fourth-order valence-corrected chi connectivity index (χ4v) is 2.78. The molecule has 0 aliphatic heterocycles. The summed E-state index contributed by atoms with van der Waals surface area (Å²) in [6, 6.07) is 2.00. The summed E-state index contributed by atoms with van der Waals surface area (Å²) in [6.07, 6.45) is -0.592. The number of phenols is 1. The number of hydrogen-bond donors (Lipinski definition) is 7. The highest BCUT2D eigenvalue weighted by Crippen LogP contribution is 2.12. The first-order valence-corrected chi connectivity index (χ1v) is 9.83. The molecular formula is C20H29N5O7. The van der Waals surface area contributed by atoms with Crippen LogP contribution >= 0.6 is 0 Å². The fourth-order valence-electron chi connectivity index (χ4n) is 2.78. The van der Waals surface area contributed by atoms with Crippen LogP contribution in [0.5, 0.6) is 5.75 Å². The summed E-state index contributed by atoms with van der Waals surface area (Å²) in [7, 11) is 0. The Morgan fingerprint density at radius 1 is 0.938 bits per heavy atom. The van der Waals surface area contributed by atoms with Crippen LogP contribution in [0.1, 0.15) is 25.8 Å². The van der Waals surface area contributed by atoms with Gasteiger partial charge in [0.05, 0.1) is 13.0 Å². The third kappa shape index (κ3) is 8.60. The first-order chi connectivity index (χ1) is 14.9. The van der Waals surface area contributed by atoms with Crippen LogP contribution in [0.25, 0.3) is 0 Å². The number of nitrogens with two attached hydrogens (primary N) is 2. The number of aliphatic carboxylic acids is 1. The van der Waals surface area contributed by atoms with Gasteiger partial charge in [0, 0.05) is 6.42 Å². The molecule has 3 unspecified atom stereocenters. The Hall–Kier alpha value is -3.67. The van der Waals surface area contributed by atoms with Crippen molar-refractivity contribution in [2.45, 2.75) is 44.8 Å². The third-order valence-electron chi connectivity index (χ3n) is 4.48. The number of nitrogens with one attached hydrogen (secondary N) is 3. The second-order valence-electron chi connectivity index (χ2n) is 7.49. The number of carboxylic acids is 1. The number of carbonyl (C=O) groups is 5. The summed E-state index contributed by atoms with van der Waals surface area (Å²) in [4.78, 5) is 60.0. The second kappa shape index (κ2) is 12.2. The minimum atomic E-state index is -1.46. The van der Waals surface area contributed by atoms with Crippen LogP contribution < -0.4 is 27.4 Å². The predicted molar refractivity (Wildman–Crippen MR) is 113 cm³/mol. The summed E-state index contributed by atoms with van der Waals surface area (Å²) < 4.78 is 0. The van der Waals surface area contributed by atoms with Crippen LogP contribution in [0, 0.1) is 5.92 Å². The SMILES string of the molecule is CC(C)C(NC(=O)C(CC(N)=O)NC(=O)C(Cc1ccc(O)cc1)NC(=O)CN)C(=O)O. The van der Waals surface area contributed by atoms with E-state index in [-0.39, 0.29) is 18.7 Å². The number of hydrogen-bond acceptors (Lipinski definition) is 7. The molecule has 0 radical (unpaired) electrons. The van der Waals surface area contributed by atoms with Crippen molar-refractivity contribution in [3.05, 3.63) is 29.8 Å². The van der Waals surface area contributed by atoms with E-state index in [9.17, 15) is 34.2 Å². The molecule has 4 amide bonds. The molecule has 0 aliphatic rings. The summed E-state index contributed by atoms with van der Waals surface area (Å²) in [5.74, 6) is -4.99. The molecule has 0 saturated carbocycles. The van der Waals surface area contributed by atoms with Gasteiger partial charge in [-0.3, -0.25) is 19.2 Å². The zero-order chi connectivity index (χ0) is 24.4. The quantitative estimate of drug-likeness (QED) is 0.187. The molecule has 1 aromatic carbocycles. The summed E-state index contributed by atoms with van der Waals surface area (Å²) in [5.41, 5.74) is 11.1. The smallest absolute Gasteiger partial charge is 0.326 e. The van der Waals surface area contributed by atoms with Gasteiger partial charge in [-0.2, -0.15) is 0 Å². The maximum absolute atomic E-state index is 12.9. The molecule has 0 saturated heterocycles. The van der Waals surface area contributed by atoms with Gasteiger partial charge in [0.2, 0.25) is 23.6 Å². The lowest BCUT2D eigenvalue weighted by atomic mass is 10.0. The normalized spacial score (nSPS) is 13.5. The molecule has 1 aromatic rings. The molecule has 1 rings (SSSR count). The predicted octanol–water partition coefficient (Wildman–Crippen LogP) is -2.04. The van der Waals surface area contributed by atoms with Crippen molar-refractivity contribution in [3.63, 3.8) is 0 Å². The van der Waals surface area contributed by atoms with Gasteiger partial charge in [-0.1, -0.05) is 26.0 Å². The van der Waals surface area contributed by atoms with E-state index in [4.69, 9.17) is 11.5 Å². The maximum atomic E-state index is 12.9. The highest BCUT2D eigenvalue weighted by molar-refractivity contribution is 5.95. The topological polar surface area (TPSA) is 214 Å². The highest BCUT2D eigenvalue weighted by Gasteiger charge is 2.31. The van der Waals surface area contributed by atoms with Gasteiger partial charge >= 0.3 is 5.97 Å². The van der Waals surface area contributed by atoms with E-state index in [0.717, 1.165) is 0 Å². The largest absolute Gasteiger partial charge is 0.508 e. The minimum Gasteiger partial charge on any atom is -0.508 e. The van der Waals surface area contributed by atoms with Gasteiger partial charge in [-0.25, -0.2) is 4.79 Å². The van der Waals surface area contributed by atoms with Gasteiger partial charge in [-0.05, 0) is 23.6 Å². The van der Waals surface area contributed by atoms with E-state index in [1.165, 1.54) is 24.3 Å². The Labute approximate surface area is 184 Å². The van der Waals surface area contributed by atoms with E-state index >= 15 is 0 Å². The van der Waals surface area contributed by atoms with Gasteiger partial charge < -0.3 is 37.6 Å². The molecule has 32 heavy (non-hydrogen) atoms. The maximum Gasteiger partial charge on any atom is 0.326 e. The number of carboxylic acid groups (broad SMARTS) is 1. The van der Waals surface area contributed by atoms with Crippen molar-refractivity contribution in [1.29, 1.82) is 0 Å². The first-order valence-electron chi connectivity index (χ1n) is 9.83. The van der Waals surface area contributed by atoms with Gasteiger partial charge in [0.1, 0.15) is 23.9 Å². The summed E-state index contributed by atoms with van der Waals surface area (Å²) in [5, 5.41) is 25.7. The Kier molecular flexibility index (Phi) is 10.1.